The third-order valence-corrected chi connectivity index (χ3v) is 6.05. The molecule has 0 unspecified atom stereocenters. The van der Waals surface area contributed by atoms with E-state index in [1.807, 2.05) is 85.3 Å². The van der Waals surface area contributed by atoms with Gasteiger partial charge in [-0.2, -0.15) is 9.78 Å². The number of para-hydroxylation sites is 1. The molecule has 3 aromatic carbocycles. The van der Waals surface area contributed by atoms with Crippen LogP contribution in [-0.4, -0.2) is 33.1 Å². The predicted octanol–water partition coefficient (Wildman–Crippen LogP) is 4.12. The lowest BCUT2D eigenvalue weighted by Gasteiger charge is -2.16. The van der Waals surface area contributed by atoms with Gasteiger partial charge in [-0.3, -0.25) is 14.3 Å². The maximum Gasteiger partial charge on any atom is 0.280 e. The number of hydrogen-bond donors (Lipinski definition) is 1. The van der Waals surface area contributed by atoms with Crippen LogP contribution in [0, 0.1) is 20.8 Å². The first kappa shape index (κ1) is 23.0. The number of nitrogens with zero attached hydrogens (tertiary/aromatic N) is 4. The monoisotopic (exact) mass is 479 g/mol. The molecule has 8 heteroatoms. The van der Waals surface area contributed by atoms with Crippen LogP contribution in [0.15, 0.2) is 82.7 Å². The highest BCUT2D eigenvalue weighted by atomic mass is 16.5. The van der Waals surface area contributed by atoms with Crippen molar-refractivity contribution in [2.75, 3.05) is 6.61 Å². The van der Waals surface area contributed by atoms with Crippen molar-refractivity contribution in [3.63, 3.8) is 0 Å². The number of nitrogens with one attached hydrogen (secondary N) is 1. The molecule has 0 aliphatic heterocycles. The van der Waals surface area contributed by atoms with E-state index in [1.54, 1.807) is 23.9 Å². The summed E-state index contributed by atoms with van der Waals surface area (Å²) < 4.78 is 9.08. The summed E-state index contributed by atoms with van der Waals surface area (Å²) >= 11 is 0. The number of carbonyl (C=O) groups is 1. The first-order chi connectivity index (χ1) is 17.4. The van der Waals surface area contributed by atoms with E-state index < -0.39 is 0 Å². The van der Waals surface area contributed by atoms with Gasteiger partial charge < -0.3 is 4.74 Å². The maximum absolute atomic E-state index is 13.2. The summed E-state index contributed by atoms with van der Waals surface area (Å²) in [6.45, 7) is 5.43. The third kappa shape index (κ3) is 4.24. The summed E-state index contributed by atoms with van der Waals surface area (Å²) in [4.78, 5) is 30.2. The van der Waals surface area contributed by atoms with Crippen LogP contribution in [0.1, 0.15) is 22.8 Å². The Labute approximate surface area is 207 Å². The smallest absolute Gasteiger partial charge is 0.280 e. The molecule has 2 heterocycles. The molecule has 180 valence electrons. The highest BCUT2D eigenvalue weighted by Crippen LogP contribution is 2.25. The number of hydrogen-bond acceptors (Lipinski definition) is 5. The number of amides is 1. The van der Waals surface area contributed by atoms with Gasteiger partial charge in [0.1, 0.15) is 11.6 Å². The molecule has 0 saturated carbocycles. The lowest BCUT2D eigenvalue weighted by Crippen LogP contribution is -2.31. The van der Waals surface area contributed by atoms with Gasteiger partial charge in [-0.25, -0.2) is 10.4 Å². The molecular formula is C28H25N5O3. The number of aryl methyl sites for hydroxylation is 2. The summed E-state index contributed by atoms with van der Waals surface area (Å²) in [6.07, 6.45) is 1.56. The molecule has 5 rings (SSSR count). The normalized spacial score (nSPS) is 11.4. The Kier molecular flexibility index (Phi) is 6.08. The van der Waals surface area contributed by atoms with Crippen molar-refractivity contribution < 1.29 is 9.53 Å². The highest BCUT2D eigenvalue weighted by molar-refractivity contribution is 5.89. The molecule has 2 aromatic heterocycles. The van der Waals surface area contributed by atoms with Gasteiger partial charge in [0.25, 0.3) is 11.5 Å². The zero-order chi connectivity index (χ0) is 25.2. The molecule has 0 spiro atoms. The Bertz CT molecular complexity index is 1690. The highest BCUT2D eigenvalue weighted by Gasteiger charge is 2.15. The number of hydrazone groups is 1. The second-order valence-corrected chi connectivity index (χ2v) is 8.49. The molecule has 1 amide bonds. The number of ether oxygens (including phenoxy) is 1. The molecule has 0 atom stereocenters. The largest absolute Gasteiger partial charge is 0.483 e. The first-order valence-corrected chi connectivity index (χ1v) is 11.5. The van der Waals surface area contributed by atoms with Crippen LogP contribution in [-0.2, 0) is 4.79 Å². The molecule has 0 aliphatic rings. The van der Waals surface area contributed by atoms with Crippen LogP contribution < -0.4 is 15.7 Å². The second kappa shape index (κ2) is 9.50. The molecule has 0 radical (unpaired) electrons. The third-order valence-electron chi connectivity index (χ3n) is 6.05. The van der Waals surface area contributed by atoms with E-state index >= 15 is 0 Å². The summed E-state index contributed by atoms with van der Waals surface area (Å²) in [5, 5.41) is 6.63. The summed E-state index contributed by atoms with van der Waals surface area (Å²) in [6, 6.07) is 22.7. The molecule has 36 heavy (non-hydrogen) atoms. The zero-order valence-electron chi connectivity index (χ0n) is 20.2. The minimum atomic E-state index is -0.376. The average Bonchev–Trinajstić information content (AvgIpc) is 3.15. The molecule has 8 nitrogen and oxygen atoms in total. The topological polar surface area (TPSA) is 90.5 Å². The van der Waals surface area contributed by atoms with Crippen molar-refractivity contribution in [2.24, 2.45) is 5.10 Å². The van der Waals surface area contributed by atoms with Gasteiger partial charge in [-0.1, -0.05) is 48.5 Å². The fraction of sp³-hybridized carbons (Fsp3) is 0.143. The first-order valence-electron chi connectivity index (χ1n) is 11.5. The molecule has 0 fully saturated rings. The van der Waals surface area contributed by atoms with Crippen LogP contribution in [0.2, 0.25) is 0 Å². The van der Waals surface area contributed by atoms with Crippen molar-refractivity contribution >= 4 is 33.8 Å². The second-order valence-electron chi connectivity index (χ2n) is 8.49. The number of fused-ring (bicyclic) bond motifs is 2. The number of aromatic nitrogens is 3. The van der Waals surface area contributed by atoms with E-state index in [0.29, 0.717) is 22.5 Å². The predicted molar refractivity (Wildman–Crippen MR) is 141 cm³/mol. The Hall–Kier alpha value is -4.72. The lowest BCUT2D eigenvalue weighted by molar-refractivity contribution is -0.123. The van der Waals surface area contributed by atoms with Gasteiger partial charge >= 0.3 is 0 Å². The zero-order valence-corrected chi connectivity index (χ0v) is 20.2. The summed E-state index contributed by atoms with van der Waals surface area (Å²) in [5.41, 5.74) is 5.41. The van der Waals surface area contributed by atoms with Crippen LogP contribution in [0.3, 0.4) is 0 Å². The Morgan fingerprint density at radius 2 is 1.69 bits per heavy atom. The van der Waals surface area contributed by atoms with Crippen LogP contribution in [0.4, 0.5) is 0 Å². The number of benzene rings is 3. The number of carbonyl (C=O) groups excluding carboxylic acids is 1. The van der Waals surface area contributed by atoms with Gasteiger partial charge in [0.05, 0.1) is 17.1 Å². The molecule has 0 aliphatic carbocycles. The SMILES string of the molecule is Cc1cc(C=NNC(=O)COc2cccc3ccccc23)c(C)n1-n1c(C)nc2ccccc2c1=O. The van der Waals surface area contributed by atoms with E-state index in [4.69, 9.17) is 4.74 Å². The lowest BCUT2D eigenvalue weighted by atomic mass is 10.1. The molecule has 0 saturated heterocycles. The minimum Gasteiger partial charge on any atom is -0.483 e. The van der Waals surface area contributed by atoms with Gasteiger partial charge in [0.15, 0.2) is 6.61 Å². The molecule has 1 N–H and O–H groups in total. The van der Waals surface area contributed by atoms with E-state index in [-0.39, 0.29) is 18.1 Å². The molecule has 5 aromatic rings. The quantitative estimate of drug-likeness (QED) is 0.293. The average molecular weight is 480 g/mol. The van der Waals surface area contributed by atoms with Crippen LogP contribution in [0.5, 0.6) is 5.75 Å². The Balaban J connectivity index is 1.32. The maximum atomic E-state index is 13.2. The van der Waals surface area contributed by atoms with E-state index in [9.17, 15) is 9.59 Å². The van der Waals surface area contributed by atoms with Gasteiger partial charge in [-0.05, 0) is 50.4 Å². The van der Waals surface area contributed by atoms with E-state index in [1.165, 1.54) is 0 Å². The summed E-state index contributed by atoms with van der Waals surface area (Å²) in [7, 11) is 0. The van der Waals surface area contributed by atoms with Crippen LogP contribution in [0.25, 0.3) is 21.7 Å². The van der Waals surface area contributed by atoms with E-state index in [0.717, 1.165) is 27.7 Å². The van der Waals surface area contributed by atoms with Crippen molar-refractivity contribution in [3.05, 3.63) is 106 Å². The van der Waals surface area contributed by atoms with E-state index in [2.05, 4.69) is 15.5 Å². The van der Waals surface area contributed by atoms with Gasteiger partial charge in [0, 0.05) is 22.3 Å². The minimum absolute atomic E-state index is 0.151. The molecular weight excluding hydrogens is 454 g/mol. The van der Waals surface area contributed by atoms with Crippen molar-refractivity contribution in [3.8, 4) is 5.75 Å². The Morgan fingerprint density at radius 3 is 2.53 bits per heavy atom. The van der Waals surface area contributed by atoms with Crippen molar-refractivity contribution in [1.29, 1.82) is 0 Å². The van der Waals surface area contributed by atoms with Crippen LogP contribution >= 0.6 is 0 Å². The standard InChI is InChI=1S/C28H25N5O3/c1-18-15-22(19(2)32(18)33-20(3)30-25-13-7-6-12-24(25)28(33)35)16-29-31-27(34)17-36-26-14-8-10-21-9-4-5-11-23(21)26/h4-16H,17H2,1-3H3,(H,31,34). The number of rotatable bonds is 6. The van der Waals surface area contributed by atoms with Crippen molar-refractivity contribution in [1.82, 2.24) is 19.8 Å². The summed E-state index contributed by atoms with van der Waals surface area (Å²) in [5.74, 6) is 0.835. The van der Waals surface area contributed by atoms with Gasteiger partial charge in [0.2, 0.25) is 0 Å². The van der Waals surface area contributed by atoms with Gasteiger partial charge in [-0.15, -0.1) is 0 Å². The Morgan fingerprint density at radius 1 is 0.972 bits per heavy atom. The van der Waals surface area contributed by atoms with Crippen molar-refractivity contribution in [2.45, 2.75) is 20.8 Å². The fourth-order valence-corrected chi connectivity index (χ4v) is 4.36. The fourth-order valence-electron chi connectivity index (χ4n) is 4.36. The molecule has 0 bridgehead atoms.